The second-order valence-electron chi connectivity index (χ2n) is 15.6. The Hall–Kier alpha value is -7.99. The first kappa shape index (κ1) is 35.9. The van der Waals surface area contributed by atoms with Crippen LogP contribution in [0.25, 0.3) is 115 Å². The summed E-state index contributed by atoms with van der Waals surface area (Å²) in [7, 11) is 0. The summed E-state index contributed by atoms with van der Waals surface area (Å²) >= 11 is 1.84. The molecule has 0 unspecified atom stereocenters. The fraction of sp³-hybridized carbons (Fsp3) is 0. The van der Waals surface area contributed by atoms with Crippen molar-refractivity contribution < 1.29 is 0 Å². The van der Waals surface area contributed by atoms with Gasteiger partial charge in [0.1, 0.15) is 0 Å². The molecule has 0 fully saturated rings. The van der Waals surface area contributed by atoms with Crippen LogP contribution in [0.15, 0.2) is 218 Å². The number of fused-ring (bicyclic) bond motifs is 6. The van der Waals surface area contributed by atoms with Crippen LogP contribution in [0.4, 0.5) is 0 Å². The van der Waals surface area contributed by atoms with Gasteiger partial charge in [-0.2, -0.15) is 0 Å². The number of hydrogen-bond acceptors (Lipinski definition) is 4. The van der Waals surface area contributed by atoms with Gasteiger partial charge in [0.25, 0.3) is 0 Å². The van der Waals surface area contributed by atoms with Gasteiger partial charge in [-0.05, 0) is 88.0 Å². The summed E-state index contributed by atoms with van der Waals surface area (Å²) in [5.74, 6) is 1.85. The van der Waals surface area contributed by atoms with Gasteiger partial charge in [-0.15, -0.1) is 11.3 Å². The zero-order valence-corrected chi connectivity index (χ0v) is 34.3. The Morgan fingerprint density at radius 2 is 0.710 bits per heavy atom. The average Bonchev–Trinajstić information content (AvgIpc) is 3.89. The van der Waals surface area contributed by atoms with E-state index in [-0.39, 0.29) is 0 Å². The minimum Gasteiger partial charge on any atom is -0.308 e. The lowest BCUT2D eigenvalue weighted by molar-refractivity contribution is 1.06. The van der Waals surface area contributed by atoms with Crippen molar-refractivity contribution in [1.82, 2.24) is 19.5 Å². The Labute approximate surface area is 362 Å². The number of aromatic nitrogens is 4. The third kappa shape index (κ3) is 6.26. The van der Waals surface area contributed by atoms with E-state index < -0.39 is 0 Å². The van der Waals surface area contributed by atoms with E-state index >= 15 is 0 Å². The highest BCUT2D eigenvalue weighted by Gasteiger charge is 2.22. The molecule has 4 nitrogen and oxygen atoms in total. The molecule has 0 atom stereocenters. The van der Waals surface area contributed by atoms with Gasteiger partial charge in [-0.1, -0.05) is 164 Å². The van der Waals surface area contributed by atoms with Crippen molar-refractivity contribution in [3.05, 3.63) is 218 Å². The van der Waals surface area contributed by atoms with Crippen molar-refractivity contribution in [3.63, 3.8) is 0 Å². The summed E-state index contributed by atoms with van der Waals surface area (Å²) in [6, 6.07) is 77.7. The lowest BCUT2D eigenvalue weighted by Crippen LogP contribution is -2.04. The minimum absolute atomic E-state index is 0.605. The van der Waals surface area contributed by atoms with Gasteiger partial charge < -0.3 is 4.57 Å². The quantitative estimate of drug-likeness (QED) is 0.161. The maximum atomic E-state index is 5.32. The lowest BCUT2D eigenvalue weighted by Gasteiger charge is -2.16. The highest BCUT2D eigenvalue weighted by molar-refractivity contribution is 7.25. The fourth-order valence-corrected chi connectivity index (χ4v) is 9.91. The van der Waals surface area contributed by atoms with Crippen LogP contribution in [-0.2, 0) is 0 Å². The van der Waals surface area contributed by atoms with Crippen molar-refractivity contribution >= 4 is 53.3 Å². The molecule has 0 amide bonds. The van der Waals surface area contributed by atoms with E-state index in [1.165, 1.54) is 53.2 Å². The summed E-state index contributed by atoms with van der Waals surface area (Å²) in [5, 5.41) is 4.89. The molecule has 0 N–H and O–H groups in total. The van der Waals surface area contributed by atoms with E-state index in [0.29, 0.717) is 17.5 Å². The molecule has 0 saturated heterocycles. The Kier molecular flexibility index (Phi) is 8.65. The molecular weight excluding hydrogens is 773 g/mol. The molecule has 3 aromatic heterocycles. The van der Waals surface area contributed by atoms with Crippen molar-refractivity contribution in [2.45, 2.75) is 0 Å². The molecule has 12 aromatic rings. The number of thiophene rings is 1. The predicted octanol–water partition coefficient (Wildman–Crippen LogP) is 15.3. The van der Waals surface area contributed by atoms with Crippen molar-refractivity contribution in [3.8, 4) is 73.2 Å². The summed E-state index contributed by atoms with van der Waals surface area (Å²) in [5.41, 5.74) is 12.9. The summed E-state index contributed by atoms with van der Waals surface area (Å²) in [6.45, 7) is 0. The molecule has 0 spiro atoms. The molecule has 12 rings (SSSR count). The molecule has 0 aliphatic heterocycles. The first-order valence-corrected chi connectivity index (χ1v) is 21.7. The minimum atomic E-state index is 0.605. The van der Waals surface area contributed by atoms with Crippen molar-refractivity contribution in [1.29, 1.82) is 0 Å². The standard InChI is InChI=1S/C57H36N4S/c1-5-15-37(16-6-1)41-25-29-50-46(33-41)47-34-42(38-17-7-2-8-18-38)26-30-51(47)61(50)52-31-27-43(44-28-32-54-48(35-44)45-23-13-14-24-53(45)62-54)36-49(52)57-59-55(39-19-9-3-10-20-39)58-56(60-57)40-21-11-4-12-22-40/h1-36H. The monoisotopic (exact) mass is 808 g/mol. The third-order valence-electron chi connectivity index (χ3n) is 11.9. The zero-order valence-electron chi connectivity index (χ0n) is 33.5. The Morgan fingerprint density at radius 3 is 1.29 bits per heavy atom. The van der Waals surface area contributed by atoms with Gasteiger partial charge >= 0.3 is 0 Å². The molecule has 290 valence electrons. The molecule has 62 heavy (non-hydrogen) atoms. The van der Waals surface area contributed by atoms with Crippen LogP contribution in [-0.4, -0.2) is 19.5 Å². The van der Waals surface area contributed by atoms with Gasteiger partial charge in [-0.25, -0.2) is 15.0 Å². The molecule has 0 radical (unpaired) electrons. The van der Waals surface area contributed by atoms with Crippen LogP contribution < -0.4 is 0 Å². The summed E-state index contributed by atoms with van der Waals surface area (Å²) < 4.78 is 4.97. The van der Waals surface area contributed by atoms with Crippen LogP contribution in [0.2, 0.25) is 0 Å². The Morgan fingerprint density at radius 1 is 0.290 bits per heavy atom. The lowest BCUT2D eigenvalue weighted by atomic mass is 9.99. The van der Waals surface area contributed by atoms with Crippen LogP contribution >= 0.6 is 11.3 Å². The van der Waals surface area contributed by atoms with Gasteiger partial charge in [0.05, 0.1) is 16.7 Å². The molecule has 0 bridgehead atoms. The van der Waals surface area contributed by atoms with Crippen molar-refractivity contribution in [2.24, 2.45) is 0 Å². The molecule has 5 heteroatoms. The smallest absolute Gasteiger partial charge is 0.166 e. The van der Waals surface area contributed by atoms with E-state index in [2.05, 4.69) is 187 Å². The van der Waals surface area contributed by atoms with Gasteiger partial charge in [0.15, 0.2) is 17.5 Å². The number of hydrogen-bond donors (Lipinski definition) is 0. The van der Waals surface area contributed by atoms with Crippen LogP contribution in [0.3, 0.4) is 0 Å². The maximum Gasteiger partial charge on any atom is 0.166 e. The van der Waals surface area contributed by atoms with Crippen molar-refractivity contribution in [2.75, 3.05) is 0 Å². The normalized spacial score (nSPS) is 11.5. The summed E-state index contributed by atoms with van der Waals surface area (Å²) in [6.07, 6.45) is 0. The van der Waals surface area contributed by atoms with E-state index in [1.54, 1.807) is 0 Å². The van der Waals surface area contributed by atoms with Crippen LogP contribution in [0.1, 0.15) is 0 Å². The van der Waals surface area contributed by atoms with Gasteiger partial charge in [-0.3, -0.25) is 0 Å². The Bertz CT molecular complexity index is 3460. The average molecular weight is 809 g/mol. The molecule has 0 aliphatic carbocycles. The molecule has 0 aliphatic rings. The highest BCUT2D eigenvalue weighted by Crippen LogP contribution is 2.42. The van der Waals surface area contributed by atoms with Gasteiger partial charge in [0, 0.05) is 47.6 Å². The topological polar surface area (TPSA) is 43.6 Å². The van der Waals surface area contributed by atoms with E-state index in [0.717, 1.165) is 44.5 Å². The van der Waals surface area contributed by atoms with E-state index in [4.69, 9.17) is 15.0 Å². The number of benzene rings is 9. The SMILES string of the molecule is c1ccc(-c2ccc3c(c2)c2cc(-c4ccccc4)ccc2n3-c2ccc(-c3ccc4sc5ccccc5c4c3)cc2-c2nc(-c3ccccc3)nc(-c3ccccc3)n2)cc1. The number of rotatable bonds is 7. The van der Waals surface area contributed by atoms with Crippen LogP contribution in [0.5, 0.6) is 0 Å². The molecule has 9 aromatic carbocycles. The second-order valence-corrected chi connectivity index (χ2v) is 16.7. The zero-order chi connectivity index (χ0) is 41.0. The molecule has 3 heterocycles. The Balaban J connectivity index is 1.15. The maximum absolute atomic E-state index is 5.32. The van der Waals surface area contributed by atoms with E-state index in [9.17, 15) is 0 Å². The van der Waals surface area contributed by atoms with Gasteiger partial charge in [0.2, 0.25) is 0 Å². The molecule has 0 saturated carbocycles. The third-order valence-corrected chi connectivity index (χ3v) is 13.0. The largest absolute Gasteiger partial charge is 0.308 e. The number of nitrogens with zero attached hydrogens (tertiary/aromatic N) is 4. The first-order chi connectivity index (χ1) is 30.7. The first-order valence-electron chi connectivity index (χ1n) is 20.8. The second kappa shape index (κ2) is 14.9. The fourth-order valence-electron chi connectivity index (χ4n) is 8.83. The predicted molar refractivity (Wildman–Crippen MR) is 260 cm³/mol. The van der Waals surface area contributed by atoms with Crippen LogP contribution in [0, 0.1) is 0 Å². The summed E-state index contributed by atoms with van der Waals surface area (Å²) in [4.78, 5) is 15.7. The van der Waals surface area contributed by atoms with E-state index in [1.807, 2.05) is 47.7 Å². The molecular formula is C57H36N4S. The highest BCUT2D eigenvalue weighted by atomic mass is 32.1.